The van der Waals surface area contributed by atoms with Crippen molar-refractivity contribution in [2.75, 3.05) is 0 Å². The van der Waals surface area contributed by atoms with Crippen LogP contribution in [0.3, 0.4) is 0 Å². The second-order valence-electron chi connectivity index (χ2n) is 3.26. The molecule has 0 aliphatic rings. The zero-order chi connectivity index (χ0) is 10.8. The first-order valence-corrected chi connectivity index (χ1v) is 5.40. The number of rotatable bonds is 2. The van der Waals surface area contributed by atoms with Gasteiger partial charge in [0.05, 0.1) is 5.56 Å². The fraction of sp³-hybridized carbons (Fsp3) is 0.0833. The van der Waals surface area contributed by atoms with Gasteiger partial charge in [0.15, 0.2) is 6.29 Å². The average Bonchev–Trinajstić information content (AvgIpc) is 2.65. The smallest absolute Gasteiger partial charge is 0.153 e. The monoisotopic (exact) mass is 220 g/mol. The highest BCUT2D eigenvalue weighted by Crippen LogP contribution is 2.31. The molecule has 1 nitrogen and oxygen atoms in total. The van der Waals surface area contributed by atoms with Crippen molar-refractivity contribution in [3.05, 3.63) is 46.6 Å². The minimum Gasteiger partial charge on any atom is -0.298 e. The Hall–Kier alpha value is -1.48. The molecule has 0 aliphatic heterocycles. The van der Waals surface area contributed by atoms with Crippen LogP contribution < -0.4 is 0 Å². The van der Waals surface area contributed by atoms with E-state index >= 15 is 0 Å². The Kier molecular flexibility index (Phi) is 2.64. The zero-order valence-corrected chi connectivity index (χ0v) is 8.98. The fourth-order valence-electron chi connectivity index (χ4n) is 1.46. The predicted molar refractivity (Wildman–Crippen MR) is 59.8 cm³/mol. The Morgan fingerprint density at radius 2 is 2.13 bits per heavy atom. The van der Waals surface area contributed by atoms with Crippen LogP contribution in [0.2, 0.25) is 0 Å². The Labute approximate surface area is 91.2 Å². The lowest BCUT2D eigenvalue weighted by atomic mass is 10.1. The number of thiophene rings is 1. The lowest BCUT2D eigenvalue weighted by Gasteiger charge is -2.03. The van der Waals surface area contributed by atoms with Gasteiger partial charge in [0.25, 0.3) is 0 Å². The number of carbonyl (C=O) groups is 1. The van der Waals surface area contributed by atoms with Crippen molar-refractivity contribution in [2.24, 2.45) is 0 Å². The molecule has 0 unspecified atom stereocenters. The van der Waals surface area contributed by atoms with E-state index in [2.05, 4.69) is 0 Å². The van der Waals surface area contributed by atoms with Gasteiger partial charge in [-0.25, -0.2) is 4.39 Å². The highest BCUT2D eigenvalue weighted by Gasteiger charge is 2.11. The number of hydrogen-bond donors (Lipinski definition) is 0. The molecule has 0 atom stereocenters. The molecule has 1 aromatic carbocycles. The van der Waals surface area contributed by atoms with Crippen LogP contribution >= 0.6 is 11.3 Å². The van der Waals surface area contributed by atoms with Gasteiger partial charge in [-0.2, -0.15) is 0 Å². The second-order valence-corrected chi connectivity index (χ2v) is 4.18. The minimum absolute atomic E-state index is 0.111. The van der Waals surface area contributed by atoms with E-state index in [1.54, 1.807) is 12.1 Å². The Morgan fingerprint density at radius 3 is 2.73 bits per heavy atom. The molecule has 0 saturated heterocycles. The summed E-state index contributed by atoms with van der Waals surface area (Å²) in [7, 11) is 0. The van der Waals surface area contributed by atoms with E-state index in [1.807, 2.05) is 18.4 Å². The summed E-state index contributed by atoms with van der Waals surface area (Å²) in [6.07, 6.45) is 0.543. The molecule has 0 aliphatic carbocycles. The third-order valence-electron chi connectivity index (χ3n) is 2.26. The van der Waals surface area contributed by atoms with Crippen molar-refractivity contribution in [3.63, 3.8) is 0 Å². The van der Waals surface area contributed by atoms with Crippen molar-refractivity contribution in [1.29, 1.82) is 0 Å². The summed E-state index contributed by atoms with van der Waals surface area (Å²) in [5.74, 6) is -0.432. The summed E-state index contributed by atoms with van der Waals surface area (Å²) in [5.41, 5.74) is 1.65. The largest absolute Gasteiger partial charge is 0.298 e. The summed E-state index contributed by atoms with van der Waals surface area (Å²) < 4.78 is 13.8. The Morgan fingerprint density at radius 1 is 1.33 bits per heavy atom. The quantitative estimate of drug-likeness (QED) is 0.706. The zero-order valence-electron chi connectivity index (χ0n) is 8.16. The molecule has 0 amide bonds. The van der Waals surface area contributed by atoms with Gasteiger partial charge < -0.3 is 0 Å². The van der Waals surface area contributed by atoms with Gasteiger partial charge in [0.1, 0.15) is 5.82 Å². The number of halogens is 1. The minimum atomic E-state index is -0.432. The molecule has 0 N–H and O–H groups in total. The number of benzene rings is 1. The summed E-state index contributed by atoms with van der Waals surface area (Å²) in [5, 5.41) is 1.91. The number of aryl methyl sites for hydroxylation is 1. The van der Waals surface area contributed by atoms with Gasteiger partial charge in [-0.15, -0.1) is 11.3 Å². The van der Waals surface area contributed by atoms with Gasteiger partial charge in [-0.1, -0.05) is 12.1 Å². The molecule has 2 aromatic rings. The van der Waals surface area contributed by atoms with Crippen LogP contribution in [0.25, 0.3) is 10.4 Å². The first kappa shape index (κ1) is 10.1. The van der Waals surface area contributed by atoms with Crippen molar-refractivity contribution in [2.45, 2.75) is 6.92 Å². The average molecular weight is 220 g/mol. The standard InChI is InChI=1S/C12H9FOS/c1-8-5-6-15-12(8)10-4-2-3-9(7-14)11(10)13/h2-7H,1H3. The fourth-order valence-corrected chi connectivity index (χ4v) is 2.41. The van der Waals surface area contributed by atoms with Crippen LogP contribution in [0, 0.1) is 12.7 Å². The maximum Gasteiger partial charge on any atom is 0.153 e. The first-order valence-electron chi connectivity index (χ1n) is 4.52. The highest BCUT2D eigenvalue weighted by molar-refractivity contribution is 7.13. The lowest BCUT2D eigenvalue weighted by molar-refractivity contribution is 0.112. The summed E-state index contributed by atoms with van der Waals surface area (Å²) >= 11 is 1.48. The maximum atomic E-state index is 13.8. The van der Waals surface area contributed by atoms with Crippen LogP contribution in [0.1, 0.15) is 15.9 Å². The van der Waals surface area contributed by atoms with E-state index in [0.29, 0.717) is 11.8 Å². The lowest BCUT2D eigenvalue weighted by Crippen LogP contribution is -1.90. The van der Waals surface area contributed by atoms with E-state index in [4.69, 9.17) is 0 Å². The number of carbonyl (C=O) groups excluding carboxylic acids is 1. The van der Waals surface area contributed by atoms with Crippen molar-refractivity contribution in [3.8, 4) is 10.4 Å². The summed E-state index contributed by atoms with van der Waals surface area (Å²) in [4.78, 5) is 11.5. The SMILES string of the molecule is Cc1ccsc1-c1cccc(C=O)c1F. The van der Waals surface area contributed by atoms with E-state index in [0.717, 1.165) is 10.4 Å². The van der Waals surface area contributed by atoms with Crippen LogP contribution in [0.5, 0.6) is 0 Å². The Balaban J connectivity index is 2.64. The van der Waals surface area contributed by atoms with Gasteiger partial charge in [-0.05, 0) is 30.0 Å². The van der Waals surface area contributed by atoms with Crippen LogP contribution in [-0.4, -0.2) is 6.29 Å². The third kappa shape index (κ3) is 1.70. The summed E-state index contributed by atoms with van der Waals surface area (Å²) in [6.45, 7) is 1.93. The molecule has 0 spiro atoms. The molecule has 15 heavy (non-hydrogen) atoms. The molecular weight excluding hydrogens is 211 g/mol. The topological polar surface area (TPSA) is 17.1 Å². The number of hydrogen-bond acceptors (Lipinski definition) is 2. The molecule has 1 aromatic heterocycles. The van der Waals surface area contributed by atoms with Crippen LogP contribution in [-0.2, 0) is 0 Å². The maximum absolute atomic E-state index is 13.8. The van der Waals surface area contributed by atoms with Gasteiger partial charge in [0, 0.05) is 10.4 Å². The van der Waals surface area contributed by atoms with E-state index in [1.165, 1.54) is 17.4 Å². The first-order chi connectivity index (χ1) is 7.24. The number of aldehydes is 1. The van der Waals surface area contributed by atoms with Crippen molar-refractivity contribution in [1.82, 2.24) is 0 Å². The Bertz CT molecular complexity index is 502. The molecular formula is C12H9FOS. The molecule has 0 saturated carbocycles. The predicted octanol–water partition coefficient (Wildman–Crippen LogP) is 3.68. The van der Waals surface area contributed by atoms with Crippen LogP contribution in [0.15, 0.2) is 29.6 Å². The van der Waals surface area contributed by atoms with Crippen molar-refractivity contribution < 1.29 is 9.18 Å². The molecule has 76 valence electrons. The summed E-state index contributed by atoms with van der Waals surface area (Å²) in [6, 6.07) is 6.81. The van der Waals surface area contributed by atoms with Crippen molar-refractivity contribution >= 4 is 17.6 Å². The molecule has 3 heteroatoms. The molecule has 2 rings (SSSR count). The van der Waals surface area contributed by atoms with E-state index in [9.17, 15) is 9.18 Å². The molecule has 1 heterocycles. The molecule has 0 bridgehead atoms. The normalized spacial score (nSPS) is 10.3. The van der Waals surface area contributed by atoms with E-state index in [-0.39, 0.29) is 5.56 Å². The second kappa shape index (κ2) is 3.95. The van der Waals surface area contributed by atoms with Gasteiger partial charge in [0.2, 0.25) is 0 Å². The van der Waals surface area contributed by atoms with Gasteiger partial charge in [-0.3, -0.25) is 4.79 Å². The molecule has 0 fully saturated rings. The van der Waals surface area contributed by atoms with E-state index < -0.39 is 5.82 Å². The highest BCUT2D eigenvalue weighted by atomic mass is 32.1. The van der Waals surface area contributed by atoms with Crippen LogP contribution in [0.4, 0.5) is 4.39 Å². The molecule has 0 radical (unpaired) electrons. The third-order valence-corrected chi connectivity index (χ3v) is 3.31. The van der Waals surface area contributed by atoms with Gasteiger partial charge >= 0.3 is 0 Å².